The highest BCUT2D eigenvalue weighted by molar-refractivity contribution is 6.02. The van der Waals surface area contributed by atoms with Gasteiger partial charge in [0, 0.05) is 24.3 Å². The van der Waals surface area contributed by atoms with Crippen molar-refractivity contribution in [3.63, 3.8) is 0 Å². The molecule has 4 heteroatoms. The van der Waals surface area contributed by atoms with Crippen molar-refractivity contribution < 1.29 is 20.1 Å². The van der Waals surface area contributed by atoms with Crippen LogP contribution in [-0.2, 0) is 6.42 Å². The van der Waals surface area contributed by atoms with Gasteiger partial charge >= 0.3 is 0 Å². The molecule has 0 heterocycles. The van der Waals surface area contributed by atoms with Crippen molar-refractivity contribution in [2.45, 2.75) is 37.1 Å². The lowest BCUT2D eigenvalue weighted by Gasteiger charge is -2.41. The molecule has 2 unspecified atom stereocenters. The summed E-state index contributed by atoms with van der Waals surface area (Å²) >= 11 is 0. The zero-order valence-corrected chi connectivity index (χ0v) is 13.4. The van der Waals surface area contributed by atoms with E-state index in [1.807, 2.05) is 30.3 Å². The van der Waals surface area contributed by atoms with Crippen LogP contribution < -0.4 is 0 Å². The molecule has 0 saturated heterocycles. The van der Waals surface area contributed by atoms with E-state index in [1.54, 1.807) is 30.3 Å². The Bertz CT molecular complexity index is 671. The summed E-state index contributed by atoms with van der Waals surface area (Å²) in [5.74, 6) is -0.837. The van der Waals surface area contributed by atoms with Gasteiger partial charge in [-0.25, -0.2) is 0 Å². The van der Waals surface area contributed by atoms with E-state index in [4.69, 9.17) is 0 Å². The van der Waals surface area contributed by atoms with Gasteiger partial charge in [0.2, 0.25) is 0 Å². The molecule has 1 aliphatic carbocycles. The predicted octanol–water partition coefficient (Wildman–Crippen LogP) is 1.97. The maximum absolute atomic E-state index is 12.6. The lowest BCUT2D eigenvalue weighted by molar-refractivity contribution is -0.105. The molecule has 3 rings (SSSR count). The van der Waals surface area contributed by atoms with Crippen LogP contribution in [0, 0.1) is 5.92 Å². The number of ketones is 1. The van der Waals surface area contributed by atoms with Gasteiger partial charge in [0.05, 0.1) is 12.2 Å². The Morgan fingerprint density at radius 1 is 0.917 bits per heavy atom. The van der Waals surface area contributed by atoms with Crippen LogP contribution in [0.3, 0.4) is 0 Å². The molecule has 1 saturated carbocycles. The summed E-state index contributed by atoms with van der Waals surface area (Å²) in [5.41, 5.74) is -0.325. The maximum atomic E-state index is 12.6. The van der Waals surface area contributed by atoms with Gasteiger partial charge in [-0.05, 0) is 12.0 Å². The Balaban J connectivity index is 1.76. The molecule has 0 aromatic heterocycles. The Labute approximate surface area is 141 Å². The molecule has 1 aliphatic rings. The standard InChI is InChI=1S/C20H22O4/c21-17-12-20(24,19(23)15-9-5-2-6-10-15)13-18(22)16(17)11-14-7-3-1-4-8-14/h1-10,16-18,21-22,24H,11-13H2. The molecule has 2 atom stereocenters. The monoisotopic (exact) mass is 326 g/mol. The second-order valence-corrected chi connectivity index (χ2v) is 6.62. The topological polar surface area (TPSA) is 77.8 Å². The van der Waals surface area contributed by atoms with E-state index in [0.29, 0.717) is 12.0 Å². The third-order valence-electron chi connectivity index (χ3n) is 4.85. The van der Waals surface area contributed by atoms with Crippen LogP contribution in [0.2, 0.25) is 0 Å². The van der Waals surface area contributed by atoms with Crippen molar-refractivity contribution in [1.29, 1.82) is 0 Å². The van der Waals surface area contributed by atoms with Crippen molar-refractivity contribution in [3.8, 4) is 0 Å². The summed E-state index contributed by atoms with van der Waals surface area (Å²) in [6.07, 6.45) is -1.48. The Morgan fingerprint density at radius 2 is 1.42 bits per heavy atom. The first-order valence-electron chi connectivity index (χ1n) is 8.22. The Morgan fingerprint density at radius 3 is 1.96 bits per heavy atom. The number of aliphatic hydroxyl groups excluding tert-OH is 2. The van der Waals surface area contributed by atoms with Crippen LogP contribution >= 0.6 is 0 Å². The van der Waals surface area contributed by atoms with E-state index < -0.39 is 29.5 Å². The number of carbonyl (C=O) groups excluding carboxylic acids is 1. The summed E-state index contributed by atoms with van der Waals surface area (Å²) in [6.45, 7) is 0. The number of rotatable bonds is 4. The fourth-order valence-corrected chi connectivity index (χ4v) is 3.54. The van der Waals surface area contributed by atoms with Crippen LogP contribution in [0.25, 0.3) is 0 Å². The summed E-state index contributed by atoms with van der Waals surface area (Å²) in [6, 6.07) is 18.1. The molecule has 0 radical (unpaired) electrons. The van der Waals surface area contributed by atoms with E-state index >= 15 is 0 Å². The number of Topliss-reactive ketones (excluding diaryl/α,β-unsaturated/α-hetero) is 1. The molecule has 2 aromatic carbocycles. The number of hydrogen-bond acceptors (Lipinski definition) is 4. The minimum atomic E-state index is -1.73. The first-order valence-corrected chi connectivity index (χ1v) is 8.22. The largest absolute Gasteiger partial charge is 0.393 e. The SMILES string of the molecule is O=C(c1ccccc1)C1(O)CC(O)C(Cc2ccccc2)C(O)C1. The van der Waals surface area contributed by atoms with Crippen molar-refractivity contribution in [2.24, 2.45) is 5.92 Å². The second-order valence-electron chi connectivity index (χ2n) is 6.62. The van der Waals surface area contributed by atoms with Gasteiger partial charge in [-0.3, -0.25) is 4.79 Å². The average Bonchev–Trinajstić information content (AvgIpc) is 2.59. The third-order valence-corrected chi connectivity index (χ3v) is 4.85. The van der Waals surface area contributed by atoms with E-state index in [0.717, 1.165) is 5.56 Å². The highest BCUT2D eigenvalue weighted by Gasteiger charge is 2.48. The fraction of sp³-hybridized carbons (Fsp3) is 0.350. The van der Waals surface area contributed by atoms with Crippen molar-refractivity contribution in [1.82, 2.24) is 0 Å². The average molecular weight is 326 g/mol. The first kappa shape index (κ1) is 16.8. The zero-order valence-electron chi connectivity index (χ0n) is 13.4. The highest BCUT2D eigenvalue weighted by Crippen LogP contribution is 2.36. The molecule has 4 nitrogen and oxygen atoms in total. The lowest BCUT2D eigenvalue weighted by atomic mass is 9.70. The van der Waals surface area contributed by atoms with E-state index in [9.17, 15) is 20.1 Å². The fourth-order valence-electron chi connectivity index (χ4n) is 3.54. The number of hydrogen-bond donors (Lipinski definition) is 3. The molecule has 126 valence electrons. The maximum Gasteiger partial charge on any atom is 0.194 e. The quantitative estimate of drug-likeness (QED) is 0.751. The molecule has 1 fully saturated rings. The summed E-state index contributed by atoms with van der Waals surface area (Å²) in [4.78, 5) is 12.6. The number of carbonyl (C=O) groups is 1. The summed E-state index contributed by atoms with van der Waals surface area (Å²) < 4.78 is 0. The smallest absolute Gasteiger partial charge is 0.194 e. The summed E-state index contributed by atoms with van der Waals surface area (Å²) in [7, 11) is 0. The van der Waals surface area contributed by atoms with E-state index in [1.165, 1.54) is 0 Å². The molecular weight excluding hydrogens is 304 g/mol. The van der Waals surface area contributed by atoms with Gasteiger partial charge in [0.25, 0.3) is 0 Å². The van der Waals surface area contributed by atoms with Crippen LogP contribution in [0.1, 0.15) is 28.8 Å². The lowest BCUT2D eigenvalue weighted by Crippen LogP contribution is -2.54. The summed E-state index contributed by atoms with van der Waals surface area (Å²) in [5, 5.41) is 31.7. The van der Waals surface area contributed by atoms with Gasteiger partial charge in [-0.15, -0.1) is 0 Å². The van der Waals surface area contributed by atoms with Crippen molar-refractivity contribution in [2.75, 3.05) is 0 Å². The van der Waals surface area contributed by atoms with Crippen LogP contribution in [0.4, 0.5) is 0 Å². The molecule has 0 spiro atoms. The molecule has 3 N–H and O–H groups in total. The molecule has 2 aromatic rings. The van der Waals surface area contributed by atoms with Crippen LogP contribution in [-0.4, -0.2) is 38.9 Å². The molecule has 24 heavy (non-hydrogen) atoms. The van der Waals surface area contributed by atoms with Gasteiger partial charge in [0.15, 0.2) is 5.78 Å². The number of aliphatic hydroxyl groups is 3. The second kappa shape index (κ2) is 6.85. The number of benzene rings is 2. The van der Waals surface area contributed by atoms with Gasteiger partial charge in [-0.2, -0.15) is 0 Å². The highest BCUT2D eigenvalue weighted by atomic mass is 16.3. The van der Waals surface area contributed by atoms with Gasteiger partial charge in [-0.1, -0.05) is 60.7 Å². The van der Waals surface area contributed by atoms with Crippen LogP contribution in [0.5, 0.6) is 0 Å². The third kappa shape index (κ3) is 3.41. The molecule has 0 aliphatic heterocycles. The Hall–Kier alpha value is -2.01. The van der Waals surface area contributed by atoms with Gasteiger partial charge < -0.3 is 15.3 Å². The normalized spacial score (nSPS) is 30.0. The molecule has 0 bridgehead atoms. The molecule has 0 amide bonds. The van der Waals surface area contributed by atoms with Crippen molar-refractivity contribution in [3.05, 3.63) is 71.8 Å². The van der Waals surface area contributed by atoms with Crippen molar-refractivity contribution >= 4 is 5.78 Å². The predicted molar refractivity (Wildman–Crippen MR) is 90.6 cm³/mol. The van der Waals surface area contributed by atoms with Gasteiger partial charge in [0.1, 0.15) is 5.60 Å². The van der Waals surface area contributed by atoms with Crippen LogP contribution in [0.15, 0.2) is 60.7 Å². The first-order chi connectivity index (χ1) is 11.5. The van der Waals surface area contributed by atoms with E-state index in [-0.39, 0.29) is 12.8 Å². The Kier molecular flexibility index (Phi) is 4.81. The minimum absolute atomic E-state index is 0.0602. The minimum Gasteiger partial charge on any atom is -0.393 e. The van der Waals surface area contributed by atoms with E-state index in [2.05, 4.69) is 0 Å². The molecular formula is C20H22O4. The zero-order chi connectivity index (χ0) is 17.2.